The van der Waals surface area contributed by atoms with Gasteiger partial charge in [-0.05, 0) is 48.9 Å². The molecule has 0 N–H and O–H groups in total. The van der Waals surface area contributed by atoms with E-state index in [2.05, 4.69) is 13.8 Å². The summed E-state index contributed by atoms with van der Waals surface area (Å²) in [6.45, 7) is 5.89. The Hall–Kier alpha value is -0.740. The predicted molar refractivity (Wildman–Crippen MR) is 91.8 cm³/mol. The number of rotatable bonds is 0. The number of carbonyl (C=O) groups is 2. The molecule has 0 aromatic carbocycles. The molecular formula is C21H30O4. The second-order valence-electron chi connectivity index (χ2n) is 9.81. The van der Waals surface area contributed by atoms with Gasteiger partial charge in [0, 0.05) is 37.0 Å². The molecule has 0 unspecified atom stereocenters. The van der Waals surface area contributed by atoms with E-state index in [0.717, 1.165) is 38.5 Å². The standard InChI is InChI=1S/C21H30O4/c1-19-7-5-13(22)11-17(19)21(24-9-10-25-21)12-14-15-3-4-18(23)20(15,2)8-6-16(14)19/h14-17H,3-12H2,1-2H3/t14-,15-,16-,17-,19+,20-/m0/s1. The number of ether oxygens (including phenoxy) is 2. The van der Waals surface area contributed by atoms with Gasteiger partial charge in [-0.3, -0.25) is 9.59 Å². The molecule has 138 valence electrons. The molecule has 5 fully saturated rings. The van der Waals surface area contributed by atoms with Crippen LogP contribution in [0.4, 0.5) is 0 Å². The van der Waals surface area contributed by atoms with Crippen LogP contribution in [0.3, 0.4) is 0 Å². The highest BCUT2D eigenvalue weighted by Gasteiger charge is 2.67. The van der Waals surface area contributed by atoms with Crippen molar-refractivity contribution in [1.29, 1.82) is 0 Å². The molecule has 4 heteroatoms. The lowest BCUT2D eigenvalue weighted by Gasteiger charge is -2.63. The summed E-state index contributed by atoms with van der Waals surface area (Å²) in [6, 6.07) is 0. The van der Waals surface area contributed by atoms with Crippen LogP contribution in [-0.4, -0.2) is 30.6 Å². The summed E-state index contributed by atoms with van der Waals surface area (Å²) in [4.78, 5) is 24.9. The van der Waals surface area contributed by atoms with Crippen LogP contribution in [0, 0.1) is 34.5 Å². The van der Waals surface area contributed by atoms with E-state index in [9.17, 15) is 9.59 Å². The minimum atomic E-state index is -0.574. The number of Topliss-reactive ketones (excluding diaryl/α,β-unsaturated/α-hetero) is 2. The van der Waals surface area contributed by atoms with Crippen molar-refractivity contribution in [2.75, 3.05) is 13.2 Å². The molecule has 1 aliphatic heterocycles. The van der Waals surface area contributed by atoms with Crippen molar-refractivity contribution in [1.82, 2.24) is 0 Å². The van der Waals surface area contributed by atoms with Crippen LogP contribution in [0.5, 0.6) is 0 Å². The van der Waals surface area contributed by atoms with Crippen LogP contribution in [0.2, 0.25) is 0 Å². The molecule has 5 aliphatic rings. The predicted octanol–water partition coefficient (Wildman–Crippen LogP) is 3.52. The molecule has 0 aromatic heterocycles. The second kappa shape index (κ2) is 5.16. The molecular weight excluding hydrogens is 316 g/mol. The molecule has 4 saturated carbocycles. The lowest BCUT2D eigenvalue weighted by atomic mass is 9.44. The lowest BCUT2D eigenvalue weighted by Crippen LogP contribution is -2.63. The molecule has 4 aliphatic carbocycles. The van der Waals surface area contributed by atoms with Gasteiger partial charge in [0.1, 0.15) is 11.6 Å². The smallest absolute Gasteiger partial charge is 0.172 e. The van der Waals surface area contributed by atoms with Crippen LogP contribution in [-0.2, 0) is 19.1 Å². The Morgan fingerprint density at radius 2 is 1.72 bits per heavy atom. The molecule has 0 amide bonds. The number of ketones is 2. The van der Waals surface area contributed by atoms with Gasteiger partial charge < -0.3 is 9.47 Å². The molecule has 1 saturated heterocycles. The number of hydrogen-bond acceptors (Lipinski definition) is 4. The number of hydrogen-bond donors (Lipinski definition) is 0. The van der Waals surface area contributed by atoms with Crippen molar-refractivity contribution in [3.63, 3.8) is 0 Å². The van der Waals surface area contributed by atoms with Crippen LogP contribution in [0.1, 0.15) is 65.2 Å². The van der Waals surface area contributed by atoms with Gasteiger partial charge in [-0.25, -0.2) is 0 Å². The highest BCUT2D eigenvalue weighted by molar-refractivity contribution is 5.87. The molecule has 0 bridgehead atoms. The SMILES string of the molecule is C[C@]12CCC(=O)C[C@@H]1C1(C[C@@H]3[C@@H]2CC[C@]2(C)C(=O)CC[C@@H]32)OCCO1. The third-order valence-corrected chi connectivity index (χ3v) is 8.99. The van der Waals surface area contributed by atoms with Gasteiger partial charge in [0.15, 0.2) is 5.79 Å². The first kappa shape index (κ1) is 16.4. The second-order valence-corrected chi connectivity index (χ2v) is 9.81. The number of fused-ring (bicyclic) bond motifs is 6. The largest absolute Gasteiger partial charge is 0.347 e. The van der Waals surface area contributed by atoms with E-state index in [1.165, 1.54) is 0 Å². The molecule has 1 heterocycles. The maximum absolute atomic E-state index is 12.6. The summed E-state index contributed by atoms with van der Waals surface area (Å²) in [7, 11) is 0. The quantitative estimate of drug-likeness (QED) is 0.673. The monoisotopic (exact) mass is 346 g/mol. The topological polar surface area (TPSA) is 52.6 Å². The summed E-state index contributed by atoms with van der Waals surface area (Å²) in [5.41, 5.74) is -0.0250. The Morgan fingerprint density at radius 3 is 2.48 bits per heavy atom. The van der Waals surface area contributed by atoms with Gasteiger partial charge in [0.05, 0.1) is 13.2 Å². The van der Waals surface area contributed by atoms with Gasteiger partial charge in [-0.2, -0.15) is 0 Å². The fourth-order valence-corrected chi connectivity index (χ4v) is 7.67. The molecule has 6 atom stereocenters. The highest BCUT2D eigenvalue weighted by Crippen LogP contribution is 2.68. The minimum Gasteiger partial charge on any atom is -0.347 e. The number of carbonyl (C=O) groups excluding carboxylic acids is 2. The van der Waals surface area contributed by atoms with Gasteiger partial charge in [-0.15, -0.1) is 0 Å². The minimum absolute atomic E-state index is 0.105. The average Bonchev–Trinajstić information content (AvgIpc) is 3.16. The van der Waals surface area contributed by atoms with Crippen LogP contribution in [0.15, 0.2) is 0 Å². The third kappa shape index (κ3) is 2.01. The summed E-state index contributed by atoms with van der Waals surface area (Å²) in [6.07, 6.45) is 7.10. The Kier molecular flexibility index (Phi) is 3.39. The van der Waals surface area contributed by atoms with E-state index < -0.39 is 5.79 Å². The Morgan fingerprint density at radius 1 is 0.960 bits per heavy atom. The van der Waals surface area contributed by atoms with E-state index in [1.807, 2.05) is 0 Å². The van der Waals surface area contributed by atoms with Crippen molar-refractivity contribution in [2.45, 2.75) is 71.0 Å². The van der Waals surface area contributed by atoms with E-state index >= 15 is 0 Å². The van der Waals surface area contributed by atoms with E-state index in [1.54, 1.807) is 0 Å². The van der Waals surface area contributed by atoms with Gasteiger partial charge in [-0.1, -0.05) is 13.8 Å². The first-order chi connectivity index (χ1) is 11.9. The Labute approximate surface area is 150 Å². The van der Waals surface area contributed by atoms with E-state index in [0.29, 0.717) is 55.4 Å². The lowest BCUT2D eigenvalue weighted by molar-refractivity contribution is -0.287. The summed E-state index contributed by atoms with van der Waals surface area (Å²) < 4.78 is 12.5. The van der Waals surface area contributed by atoms with Crippen molar-refractivity contribution >= 4 is 11.6 Å². The van der Waals surface area contributed by atoms with Gasteiger partial charge in [0.25, 0.3) is 0 Å². The van der Waals surface area contributed by atoms with Crippen molar-refractivity contribution in [2.24, 2.45) is 34.5 Å². The summed E-state index contributed by atoms with van der Waals surface area (Å²) >= 11 is 0. The third-order valence-electron chi connectivity index (χ3n) is 8.99. The fourth-order valence-electron chi connectivity index (χ4n) is 7.67. The van der Waals surface area contributed by atoms with Crippen molar-refractivity contribution < 1.29 is 19.1 Å². The van der Waals surface area contributed by atoms with E-state index in [4.69, 9.17) is 9.47 Å². The van der Waals surface area contributed by atoms with Crippen LogP contribution in [0.25, 0.3) is 0 Å². The van der Waals surface area contributed by atoms with Gasteiger partial charge >= 0.3 is 0 Å². The molecule has 25 heavy (non-hydrogen) atoms. The summed E-state index contributed by atoms with van der Waals surface area (Å²) in [5, 5.41) is 0. The first-order valence-electron chi connectivity index (χ1n) is 10.2. The Bertz CT molecular complexity index is 621. The zero-order chi connectivity index (χ0) is 17.4. The normalized spacial score (nSPS) is 51.3. The summed E-state index contributed by atoms with van der Waals surface area (Å²) in [5.74, 6) is 2.03. The Balaban J connectivity index is 1.58. The van der Waals surface area contributed by atoms with Crippen molar-refractivity contribution in [3.05, 3.63) is 0 Å². The average molecular weight is 346 g/mol. The van der Waals surface area contributed by atoms with Crippen LogP contribution < -0.4 is 0 Å². The zero-order valence-corrected chi connectivity index (χ0v) is 15.5. The zero-order valence-electron chi connectivity index (χ0n) is 15.5. The van der Waals surface area contributed by atoms with Crippen molar-refractivity contribution in [3.8, 4) is 0 Å². The maximum Gasteiger partial charge on any atom is 0.172 e. The fraction of sp³-hybridized carbons (Fsp3) is 0.905. The molecule has 5 rings (SSSR count). The molecule has 1 spiro atoms. The molecule has 0 radical (unpaired) electrons. The maximum atomic E-state index is 12.6. The molecule has 0 aromatic rings. The highest BCUT2D eigenvalue weighted by atomic mass is 16.7. The van der Waals surface area contributed by atoms with Crippen LogP contribution >= 0.6 is 0 Å². The van der Waals surface area contributed by atoms with Gasteiger partial charge in [0.2, 0.25) is 0 Å². The molecule has 4 nitrogen and oxygen atoms in total. The van der Waals surface area contributed by atoms with E-state index in [-0.39, 0.29) is 16.7 Å². The first-order valence-corrected chi connectivity index (χ1v) is 10.2.